The van der Waals surface area contributed by atoms with Crippen molar-refractivity contribution < 1.29 is 4.79 Å². The van der Waals surface area contributed by atoms with Crippen LogP contribution in [0.5, 0.6) is 0 Å². The van der Waals surface area contributed by atoms with Gasteiger partial charge in [-0.3, -0.25) is 4.79 Å². The molecular weight excluding hydrogens is 260 g/mol. The molecule has 3 nitrogen and oxygen atoms in total. The Hall–Kier alpha value is -1.87. The van der Waals surface area contributed by atoms with E-state index in [1.54, 1.807) is 0 Å². The molecule has 0 saturated carbocycles. The summed E-state index contributed by atoms with van der Waals surface area (Å²) < 4.78 is 0. The van der Waals surface area contributed by atoms with Crippen LogP contribution < -0.4 is 11.1 Å². The van der Waals surface area contributed by atoms with Crippen molar-refractivity contribution in [2.75, 3.05) is 0 Å². The van der Waals surface area contributed by atoms with Crippen LogP contribution >= 0.6 is 0 Å². The van der Waals surface area contributed by atoms with E-state index in [-0.39, 0.29) is 17.4 Å². The molecule has 0 heterocycles. The third kappa shape index (κ3) is 3.42. The summed E-state index contributed by atoms with van der Waals surface area (Å²) in [6.45, 7) is 7.91. The summed E-state index contributed by atoms with van der Waals surface area (Å²) >= 11 is 0. The molecule has 0 bridgehead atoms. The second kappa shape index (κ2) is 5.86. The molecule has 0 unspecified atom stereocenters. The molecule has 2 atom stereocenters. The summed E-state index contributed by atoms with van der Waals surface area (Å²) in [5.74, 6) is -0.108. The fourth-order valence-corrected chi connectivity index (χ4v) is 2.40. The average Bonchev–Trinajstić information content (AvgIpc) is 2.44. The lowest BCUT2D eigenvalue weighted by molar-refractivity contribution is -0.125. The van der Waals surface area contributed by atoms with E-state index in [1.165, 1.54) is 5.39 Å². The lowest BCUT2D eigenvalue weighted by atomic mass is 9.86. The largest absolute Gasteiger partial charge is 0.348 e. The number of hydrogen-bond donors (Lipinski definition) is 2. The van der Waals surface area contributed by atoms with E-state index in [0.29, 0.717) is 0 Å². The van der Waals surface area contributed by atoms with Crippen molar-refractivity contribution >= 4 is 16.7 Å². The monoisotopic (exact) mass is 284 g/mol. The van der Waals surface area contributed by atoms with Gasteiger partial charge in [-0.25, -0.2) is 0 Å². The smallest absolute Gasteiger partial charge is 0.237 e. The molecule has 0 fully saturated rings. The number of nitrogens with two attached hydrogens (primary N) is 1. The first-order chi connectivity index (χ1) is 9.80. The summed E-state index contributed by atoms with van der Waals surface area (Å²) in [6.07, 6.45) is 0. The molecule has 21 heavy (non-hydrogen) atoms. The maximum atomic E-state index is 12.3. The minimum atomic E-state index is -0.519. The molecule has 2 aromatic rings. The Kier molecular flexibility index (Phi) is 4.33. The first-order valence-electron chi connectivity index (χ1n) is 7.34. The van der Waals surface area contributed by atoms with Gasteiger partial charge in [-0.05, 0) is 28.7 Å². The maximum absolute atomic E-state index is 12.3. The molecule has 0 aliphatic carbocycles. The van der Waals surface area contributed by atoms with Gasteiger partial charge in [0.25, 0.3) is 0 Å². The Bertz CT molecular complexity index is 638. The van der Waals surface area contributed by atoms with Crippen LogP contribution in [0.2, 0.25) is 0 Å². The maximum Gasteiger partial charge on any atom is 0.237 e. The highest BCUT2D eigenvalue weighted by Crippen LogP contribution is 2.25. The quantitative estimate of drug-likeness (QED) is 0.907. The molecule has 0 saturated heterocycles. The molecule has 2 rings (SSSR count). The number of amides is 1. The van der Waals surface area contributed by atoms with Gasteiger partial charge < -0.3 is 11.1 Å². The Balaban J connectivity index is 2.23. The predicted molar refractivity (Wildman–Crippen MR) is 87.9 cm³/mol. The standard InChI is InChI=1S/C18H24N2O/c1-12(20-17(21)16(19)18(2,3)4)14-11-7-9-13-8-5-6-10-15(13)14/h5-12,16H,19H2,1-4H3,(H,20,21)/t12-,16-/m1/s1. The van der Waals surface area contributed by atoms with E-state index >= 15 is 0 Å². The van der Waals surface area contributed by atoms with E-state index in [2.05, 4.69) is 29.6 Å². The first kappa shape index (κ1) is 15.5. The summed E-state index contributed by atoms with van der Waals surface area (Å²) in [7, 11) is 0. The van der Waals surface area contributed by atoms with Gasteiger partial charge in [0.05, 0.1) is 12.1 Å². The molecular formula is C18H24N2O. The average molecular weight is 284 g/mol. The van der Waals surface area contributed by atoms with Crippen LogP contribution in [0.1, 0.15) is 39.3 Å². The third-order valence-electron chi connectivity index (χ3n) is 3.86. The van der Waals surface area contributed by atoms with E-state index in [0.717, 1.165) is 10.9 Å². The predicted octanol–water partition coefficient (Wildman–Crippen LogP) is 3.39. The summed E-state index contributed by atoms with van der Waals surface area (Å²) in [5.41, 5.74) is 6.89. The van der Waals surface area contributed by atoms with Crippen molar-refractivity contribution in [2.45, 2.75) is 39.8 Å². The van der Waals surface area contributed by atoms with Crippen LogP contribution in [0, 0.1) is 5.41 Å². The number of rotatable bonds is 3. The number of benzene rings is 2. The van der Waals surface area contributed by atoms with Crippen LogP contribution in [0.15, 0.2) is 42.5 Å². The van der Waals surface area contributed by atoms with Crippen molar-refractivity contribution in [3.05, 3.63) is 48.0 Å². The van der Waals surface area contributed by atoms with E-state index < -0.39 is 6.04 Å². The molecule has 2 aromatic carbocycles. The number of fused-ring (bicyclic) bond motifs is 1. The third-order valence-corrected chi connectivity index (χ3v) is 3.86. The number of carbonyl (C=O) groups is 1. The highest BCUT2D eigenvalue weighted by molar-refractivity contribution is 5.87. The Morgan fingerprint density at radius 3 is 2.38 bits per heavy atom. The van der Waals surface area contributed by atoms with Gasteiger partial charge in [-0.2, -0.15) is 0 Å². The van der Waals surface area contributed by atoms with Crippen LogP contribution in [-0.4, -0.2) is 11.9 Å². The summed E-state index contributed by atoms with van der Waals surface area (Å²) in [5, 5.41) is 5.37. The van der Waals surface area contributed by atoms with Crippen molar-refractivity contribution in [1.29, 1.82) is 0 Å². The fraction of sp³-hybridized carbons (Fsp3) is 0.389. The van der Waals surface area contributed by atoms with E-state index in [9.17, 15) is 4.79 Å². The van der Waals surface area contributed by atoms with E-state index in [4.69, 9.17) is 5.73 Å². The molecule has 0 aromatic heterocycles. The zero-order valence-corrected chi connectivity index (χ0v) is 13.2. The van der Waals surface area contributed by atoms with Gasteiger partial charge in [-0.15, -0.1) is 0 Å². The van der Waals surface area contributed by atoms with Gasteiger partial charge in [0, 0.05) is 0 Å². The van der Waals surface area contributed by atoms with Crippen LogP contribution in [0.25, 0.3) is 10.8 Å². The summed E-state index contributed by atoms with van der Waals surface area (Å²) in [4.78, 5) is 12.3. The van der Waals surface area contributed by atoms with Crippen LogP contribution in [-0.2, 0) is 4.79 Å². The number of carbonyl (C=O) groups excluding carboxylic acids is 1. The molecule has 0 radical (unpaired) electrons. The summed E-state index contributed by atoms with van der Waals surface area (Å²) in [6, 6.07) is 13.7. The molecule has 0 aliphatic heterocycles. The normalized spacial score (nSPS) is 14.7. The Morgan fingerprint density at radius 1 is 1.10 bits per heavy atom. The SMILES string of the molecule is C[C@@H](NC(=O)[C@@H](N)C(C)(C)C)c1cccc2ccccc12. The topological polar surface area (TPSA) is 55.1 Å². The molecule has 1 amide bonds. The number of hydrogen-bond acceptors (Lipinski definition) is 2. The minimum absolute atomic E-state index is 0.0722. The van der Waals surface area contributed by atoms with E-state index in [1.807, 2.05) is 45.9 Å². The second-order valence-electron chi connectivity index (χ2n) is 6.64. The number of nitrogens with one attached hydrogen (secondary N) is 1. The Labute approximate surface area is 126 Å². The van der Waals surface area contributed by atoms with Crippen molar-refractivity contribution in [3.63, 3.8) is 0 Å². The van der Waals surface area contributed by atoms with Gasteiger partial charge >= 0.3 is 0 Å². The van der Waals surface area contributed by atoms with Gasteiger partial charge in [0.2, 0.25) is 5.91 Å². The Morgan fingerprint density at radius 2 is 1.71 bits per heavy atom. The molecule has 0 spiro atoms. The highest BCUT2D eigenvalue weighted by atomic mass is 16.2. The molecule has 3 N–H and O–H groups in total. The fourth-order valence-electron chi connectivity index (χ4n) is 2.40. The van der Waals surface area contributed by atoms with Crippen molar-refractivity contribution in [3.8, 4) is 0 Å². The zero-order valence-electron chi connectivity index (χ0n) is 13.2. The highest BCUT2D eigenvalue weighted by Gasteiger charge is 2.28. The van der Waals surface area contributed by atoms with Crippen molar-refractivity contribution in [2.24, 2.45) is 11.1 Å². The molecule has 112 valence electrons. The van der Waals surface area contributed by atoms with Crippen LogP contribution in [0.4, 0.5) is 0 Å². The van der Waals surface area contributed by atoms with Gasteiger partial charge in [0.15, 0.2) is 0 Å². The first-order valence-corrected chi connectivity index (χ1v) is 7.34. The lowest BCUT2D eigenvalue weighted by Crippen LogP contribution is -2.49. The minimum Gasteiger partial charge on any atom is -0.348 e. The lowest BCUT2D eigenvalue weighted by Gasteiger charge is -2.27. The molecule has 0 aliphatic rings. The van der Waals surface area contributed by atoms with Crippen LogP contribution in [0.3, 0.4) is 0 Å². The van der Waals surface area contributed by atoms with Gasteiger partial charge in [0.1, 0.15) is 0 Å². The zero-order chi connectivity index (χ0) is 15.6. The van der Waals surface area contributed by atoms with Gasteiger partial charge in [-0.1, -0.05) is 63.2 Å². The second-order valence-corrected chi connectivity index (χ2v) is 6.64. The molecule has 3 heteroatoms. The van der Waals surface area contributed by atoms with Crippen molar-refractivity contribution in [1.82, 2.24) is 5.32 Å².